The fourth-order valence-corrected chi connectivity index (χ4v) is 2.22. The first-order chi connectivity index (χ1) is 9.38. The molecule has 0 aliphatic carbocycles. The van der Waals surface area contributed by atoms with Crippen LogP contribution in [0.4, 0.5) is 4.79 Å². The summed E-state index contributed by atoms with van der Waals surface area (Å²) in [5.41, 5.74) is 6.85. The summed E-state index contributed by atoms with van der Waals surface area (Å²) in [7, 11) is 0. The monoisotopic (exact) mass is 272 g/mol. The van der Waals surface area contributed by atoms with E-state index in [9.17, 15) is 4.79 Å². The van der Waals surface area contributed by atoms with Crippen molar-refractivity contribution in [3.05, 3.63) is 42.1 Å². The summed E-state index contributed by atoms with van der Waals surface area (Å²) in [6.07, 6.45) is -0.750. The number of nitrogens with two attached hydrogens (primary N) is 1. The molecular formula is C16H20N2O2. The number of primary amides is 1. The number of fused-ring (bicyclic) bond motifs is 1. The van der Waals surface area contributed by atoms with E-state index < -0.39 is 6.09 Å². The van der Waals surface area contributed by atoms with Gasteiger partial charge in [-0.1, -0.05) is 45.0 Å². The zero-order valence-corrected chi connectivity index (χ0v) is 12.1. The third-order valence-corrected chi connectivity index (χ3v) is 3.41. The van der Waals surface area contributed by atoms with Crippen LogP contribution >= 0.6 is 0 Å². The van der Waals surface area contributed by atoms with Gasteiger partial charge in [-0.05, 0) is 17.5 Å². The van der Waals surface area contributed by atoms with Crippen LogP contribution in [0.25, 0.3) is 10.9 Å². The van der Waals surface area contributed by atoms with Gasteiger partial charge in [0.25, 0.3) is 0 Å². The number of nitrogens with zero attached hydrogens (tertiary/aromatic N) is 1. The van der Waals surface area contributed by atoms with Gasteiger partial charge in [-0.15, -0.1) is 0 Å². The minimum atomic E-state index is -0.750. The molecule has 1 aromatic carbocycles. The lowest BCUT2D eigenvalue weighted by Crippen LogP contribution is -2.27. The maximum atomic E-state index is 10.9. The highest BCUT2D eigenvalue weighted by Crippen LogP contribution is 2.35. The number of benzene rings is 1. The molecule has 2 N–H and O–H groups in total. The second-order valence-electron chi connectivity index (χ2n) is 5.98. The van der Waals surface area contributed by atoms with Crippen molar-refractivity contribution in [1.29, 1.82) is 0 Å². The molecule has 20 heavy (non-hydrogen) atoms. The average Bonchev–Trinajstić information content (AvgIpc) is 2.37. The predicted octanol–water partition coefficient (Wildman–Crippen LogP) is 3.46. The number of aromatic nitrogens is 1. The van der Waals surface area contributed by atoms with Crippen LogP contribution in [0.15, 0.2) is 36.4 Å². The number of hydrogen-bond donors (Lipinski definition) is 1. The summed E-state index contributed by atoms with van der Waals surface area (Å²) in [4.78, 5) is 15.5. The number of pyridine rings is 1. The zero-order valence-electron chi connectivity index (χ0n) is 12.1. The normalized spacial score (nSPS) is 13.2. The number of para-hydroxylation sites is 1. The fraction of sp³-hybridized carbons (Fsp3) is 0.375. The molecule has 2 rings (SSSR count). The third kappa shape index (κ3) is 3.26. The second kappa shape index (κ2) is 5.49. The van der Waals surface area contributed by atoms with Gasteiger partial charge >= 0.3 is 6.09 Å². The number of hydrogen-bond acceptors (Lipinski definition) is 3. The first-order valence-corrected chi connectivity index (χ1v) is 6.66. The van der Waals surface area contributed by atoms with Crippen molar-refractivity contribution >= 4 is 17.0 Å². The summed E-state index contributed by atoms with van der Waals surface area (Å²) in [5, 5.41) is 1.10. The van der Waals surface area contributed by atoms with Crippen molar-refractivity contribution in [2.24, 2.45) is 11.1 Å². The molecule has 1 aromatic heterocycles. The molecule has 0 saturated carbocycles. The van der Waals surface area contributed by atoms with Crippen LogP contribution in [0.2, 0.25) is 0 Å². The predicted molar refractivity (Wildman–Crippen MR) is 79.5 cm³/mol. The van der Waals surface area contributed by atoms with Crippen LogP contribution < -0.4 is 5.73 Å². The highest BCUT2D eigenvalue weighted by Gasteiger charge is 2.28. The number of ether oxygens (including phenoxy) is 1. The van der Waals surface area contributed by atoms with Crippen LogP contribution in [-0.4, -0.2) is 17.7 Å². The van der Waals surface area contributed by atoms with Gasteiger partial charge in [0.15, 0.2) is 0 Å². The molecule has 0 fully saturated rings. The Bertz CT molecular complexity index is 617. The topological polar surface area (TPSA) is 65.2 Å². The van der Waals surface area contributed by atoms with Crippen molar-refractivity contribution in [3.63, 3.8) is 0 Å². The fourth-order valence-electron chi connectivity index (χ4n) is 2.22. The third-order valence-electron chi connectivity index (χ3n) is 3.41. The molecule has 4 heteroatoms. The second-order valence-corrected chi connectivity index (χ2v) is 5.98. The molecule has 4 nitrogen and oxygen atoms in total. The maximum Gasteiger partial charge on any atom is 0.404 e. The number of carbonyl (C=O) groups excluding carboxylic acids is 1. The number of carbonyl (C=O) groups is 1. The first-order valence-electron chi connectivity index (χ1n) is 6.66. The summed E-state index contributed by atoms with van der Waals surface area (Å²) < 4.78 is 5.00. The van der Waals surface area contributed by atoms with E-state index in [-0.39, 0.29) is 17.9 Å². The zero-order chi connectivity index (χ0) is 14.8. The Morgan fingerprint density at radius 1 is 1.25 bits per heavy atom. The molecule has 1 unspecified atom stereocenters. The van der Waals surface area contributed by atoms with Crippen LogP contribution in [-0.2, 0) is 4.74 Å². The highest BCUT2D eigenvalue weighted by atomic mass is 16.5. The van der Waals surface area contributed by atoms with Gasteiger partial charge in [-0.3, -0.25) is 4.98 Å². The Kier molecular flexibility index (Phi) is 3.93. The van der Waals surface area contributed by atoms with Gasteiger partial charge < -0.3 is 10.5 Å². The van der Waals surface area contributed by atoms with Crippen molar-refractivity contribution in [2.45, 2.75) is 26.7 Å². The van der Waals surface area contributed by atoms with Gasteiger partial charge in [0.05, 0.1) is 5.52 Å². The maximum absolute atomic E-state index is 10.9. The van der Waals surface area contributed by atoms with E-state index in [2.05, 4.69) is 25.8 Å². The van der Waals surface area contributed by atoms with E-state index >= 15 is 0 Å². The molecule has 0 aliphatic heterocycles. The first kappa shape index (κ1) is 14.3. The molecule has 1 heterocycles. The lowest BCUT2D eigenvalue weighted by Gasteiger charge is -2.29. The summed E-state index contributed by atoms with van der Waals surface area (Å²) in [6.45, 7) is 6.53. The lowest BCUT2D eigenvalue weighted by molar-refractivity contribution is 0.124. The standard InChI is InChI=1S/C16H20N2O2/c1-16(2,3)12(10-20-15(17)19)14-9-8-11-6-4-5-7-13(11)18-14/h4-9,12H,10H2,1-3H3,(H2,17,19). The number of rotatable bonds is 3. The molecule has 0 bridgehead atoms. The quantitative estimate of drug-likeness (QED) is 0.930. The Balaban J connectivity index is 2.37. The molecule has 0 radical (unpaired) electrons. The van der Waals surface area contributed by atoms with Crippen molar-refractivity contribution in [2.75, 3.05) is 6.61 Å². The SMILES string of the molecule is CC(C)(C)C(COC(N)=O)c1ccc2ccccc2n1. The van der Waals surface area contributed by atoms with Gasteiger partial charge in [0, 0.05) is 17.0 Å². The molecule has 1 amide bonds. The van der Waals surface area contributed by atoms with Crippen LogP contribution in [0.1, 0.15) is 32.4 Å². The molecule has 0 spiro atoms. The van der Waals surface area contributed by atoms with Crippen LogP contribution in [0.3, 0.4) is 0 Å². The van der Waals surface area contributed by atoms with E-state index in [0.29, 0.717) is 0 Å². The van der Waals surface area contributed by atoms with E-state index in [0.717, 1.165) is 16.6 Å². The Hall–Kier alpha value is -2.10. The van der Waals surface area contributed by atoms with Crippen LogP contribution in [0, 0.1) is 5.41 Å². The van der Waals surface area contributed by atoms with Crippen molar-refractivity contribution in [1.82, 2.24) is 4.98 Å². The van der Waals surface area contributed by atoms with Crippen LogP contribution in [0.5, 0.6) is 0 Å². The van der Waals surface area contributed by atoms with E-state index in [1.807, 2.05) is 36.4 Å². The highest BCUT2D eigenvalue weighted by molar-refractivity contribution is 5.78. The average molecular weight is 272 g/mol. The Morgan fingerprint density at radius 3 is 2.60 bits per heavy atom. The van der Waals surface area contributed by atoms with Gasteiger partial charge in [0.2, 0.25) is 0 Å². The van der Waals surface area contributed by atoms with Gasteiger partial charge in [0.1, 0.15) is 6.61 Å². The van der Waals surface area contributed by atoms with E-state index in [1.54, 1.807) is 0 Å². The molecule has 106 valence electrons. The Labute approximate surface area is 119 Å². The van der Waals surface area contributed by atoms with Gasteiger partial charge in [-0.2, -0.15) is 0 Å². The smallest absolute Gasteiger partial charge is 0.404 e. The van der Waals surface area contributed by atoms with Crippen molar-refractivity contribution in [3.8, 4) is 0 Å². The largest absolute Gasteiger partial charge is 0.449 e. The molecule has 0 saturated heterocycles. The molecule has 2 aromatic rings. The molecule has 0 aliphatic rings. The minimum Gasteiger partial charge on any atom is -0.449 e. The van der Waals surface area contributed by atoms with E-state index in [1.165, 1.54) is 0 Å². The van der Waals surface area contributed by atoms with Gasteiger partial charge in [-0.25, -0.2) is 4.79 Å². The van der Waals surface area contributed by atoms with Crippen molar-refractivity contribution < 1.29 is 9.53 Å². The minimum absolute atomic E-state index is 0.000365. The van der Waals surface area contributed by atoms with E-state index in [4.69, 9.17) is 10.5 Å². The lowest BCUT2D eigenvalue weighted by atomic mass is 9.79. The number of amides is 1. The molecule has 1 atom stereocenters. The molecular weight excluding hydrogens is 252 g/mol. The summed E-state index contributed by atoms with van der Waals surface area (Å²) in [5.74, 6) is -0.000365. The summed E-state index contributed by atoms with van der Waals surface area (Å²) in [6, 6.07) is 12.0. The Morgan fingerprint density at radius 2 is 1.95 bits per heavy atom. The summed E-state index contributed by atoms with van der Waals surface area (Å²) >= 11 is 0.